The van der Waals surface area contributed by atoms with E-state index in [2.05, 4.69) is 10.1 Å². The SMILES string of the molecule is C/C=C/c1ccc(OCC(=O)Nc2c(Cl)cc(C(=O)OC)cc2Cl)c(OC)c1. The van der Waals surface area contributed by atoms with E-state index in [1.165, 1.54) is 26.4 Å². The number of anilines is 1. The lowest BCUT2D eigenvalue weighted by molar-refractivity contribution is -0.118. The highest BCUT2D eigenvalue weighted by Crippen LogP contribution is 2.32. The van der Waals surface area contributed by atoms with Crippen LogP contribution in [0.1, 0.15) is 22.8 Å². The van der Waals surface area contributed by atoms with Gasteiger partial charge >= 0.3 is 5.97 Å². The Kier molecular flexibility index (Phi) is 7.72. The molecule has 2 rings (SSSR count). The Morgan fingerprint density at radius 2 is 1.75 bits per heavy atom. The molecule has 0 heterocycles. The Bertz CT molecular complexity index is 888. The van der Waals surface area contributed by atoms with Crippen molar-refractivity contribution in [2.24, 2.45) is 0 Å². The van der Waals surface area contributed by atoms with Crippen molar-refractivity contribution in [3.8, 4) is 11.5 Å². The third-order valence-corrected chi connectivity index (χ3v) is 4.23. The zero-order valence-electron chi connectivity index (χ0n) is 15.5. The minimum absolute atomic E-state index is 0.106. The first-order chi connectivity index (χ1) is 13.4. The van der Waals surface area contributed by atoms with E-state index in [9.17, 15) is 9.59 Å². The number of allylic oxidation sites excluding steroid dienone is 1. The summed E-state index contributed by atoms with van der Waals surface area (Å²) in [6.45, 7) is 1.62. The number of nitrogens with one attached hydrogen (secondary N) is 1. The minimum Gasteiger partial charge on any atom is -0.493 e. The molecule has 2 aromatic rings. The van der Waals surface area contributed by atoms with Gasteiger partial charge in [0.25, 0.3) is 5.91 Å². The van der Waals surface area contributed by atoms with Gasteiger partial charge in [0.2, 0.25) is 0 Å². The molecule has 0 fully saturated rings. The average Bonchev–Trinajstić information content (AvgIpc) is 2.68. The van der Waals surface area contributed by atoms with Gasteiger partial charge in [0.1, 0.15) is 0 Å². The Morgan fingerprint density at radius 3 is 2.32 bits per heavy atom. The van der Waals surface area contributed by atoms with Crippen LogP contribution in [-0.4, -0.2) is 32.7 Å². The number of esters is 1. The van der Waals surface area contributed by atoms with Crippen LogP contribution in [0.3, 0.4) is 0 Å². The molecule has 0 atom stereocenters. The van der Waals surface area contributed by atoms with Crippen LogP contribution in [0.25, 0.3) is 6.08 Å². The van der Waals surface area contributed by atoms with Gasteiger partial charge in [-0.25, -0.2) is 4.79 Å². The molecule has 0 radical (unpaired) electrons. The molecule has 0 saturated carbocycles. The van der Waals surface area contributed by atoms with E-state index >= 15 is 0 Å². The minimum atomic E-state index is -0.585. The summed E-state index contributed by atoms with van der Waals surface area (Å²) in [5.41, 5.74) is 1.30. The number of rotatable bonds is 7. The number of benzene rings is 2. The first-order valence-corrected chi connectivity index (χ1v) is 8.96. The summed E-state index contributed by atoms with van der Waals surface area (Å²) in [6.07, 6.45) is 3.82. The summed E-state index contributed by atoms with van der Waals surface area (Å²) in [5.74, 6) is -0.140. The fraction of sp³-hybridized carbons (Fsp3) is 0.200. The summed E-state index contributed by atoms with van der Waals surface area (Å²) in [6, 6.07) is 8.07. The van der Waals surface area contributed by atoms with Crippen molar-refractivity contribution in [3.63, 3.8) is 0 Å². The second-order valence-electron chi connectivity index (χ2n) is 5.55. The van der Waals surface area contributed by atoms with Gasteiger partial charge in [-0.2, -0.15) is 0 Å². The van der Waals surface area contributed by atoms with Gasteiger partial charge in [-0.1, -0.05) is 41.4 Å². The van der Waals surface area contributed by atoms with Crippen molar-refractivity contribution in [2.45, 2.75) is 6.92 Å². The van der Waals surface area contributed by atoms with E-state index in [-0.39, 0.29) is 27.9 Å². The number of amides is 1. The van der Waals surface area contributed by atoms with Gasteiger partial charge in [0.15, 0.2) is 18.1 Å². The molecule has 0 saturated heterocycles. The Hall–Kier alpha value is -2.70. The molecule has 1 N–H and O–H groups in total. The first kappa shape index (κ1) is 21.6. The predicted molar refractivity (Wildman–Crippen MR) is 110 cm³/mol. The molecule has 28 heavy (non-hydrogen) atoms. The number of carbonyl (C=O) groups excluding carboxylic acids is 2. The van der Waals surface area contributed by atoms with Gasteiger partial charge in [-0.15, -0.1) is 0 Å². The van der Waals surface area contributed by atoms with Crippen molar-refractivity contribution in [1.82, 2.24) is 0 Å². The fourth-order valence-corrected chi connectivity index (χ4v) is 2.93. The normalized spacial score (nSPS) is 10.6. The lowest BCUT2D eigenvalue weighted by atomic mass is 10.2. The number of hydrogen-bond acceptors (Lipinski definition) is 5. The molecular weight excluding hydrogens is 405 g/mol. The summed E-state index contributed by atoms with van der Waals surface area (Å²) in [5, 5.41) is 2.78. The molecule has 0 aliphatic carbocycles. The molecule has 8 heteroatoms. The molecule has 6 nitrogen and oxygen atoms in total. The van der Waals surface area contributed by atoms with Crippen molar-refractivity contribution in [1.29, 1.82) is 0 Å². The van der Waals surface area contributed by atoms with Crippen LogP contribution in [0, 0.1) is 0 Å². The van der Waals surface area contributed by atoms with Crippen LogP contribution in [0.2, 0.25) is 10.0 Å². The van der Waals surface area contributed by atoms with E-state index in [4.69, 9.17) is 32.7 Å². The van der Waals surface area contributed by atoms with Crippen LogP contribution >= 0.6 is 23.2 Å². The maximum absolute atomic E-state index is 12.2. The lowest BCUT2D eigenvalue weighted by Crippen LogP contribution is -2.21. The number of methoxy groups -OCH3 is 2. The third-order valence-electron chi connectivity index (χ3n) is 3.63. The standard InChI is InChI=1S/C20H19Cl2NO5/c1-4-5-12-6-7-16(17(8-12)26-2)28-11-18(24)23-19-14(21)9-13(10-15(19)22)20(25)27-3/h4-10H,11H2,1-3H3,(H,23,24)/b5-4+. The largest absolute Gasteiger partial charge is 0.493 e. The van der Waals surface area contributed by atoms with E-state index in [0.717, 1.165) is 5.56 Å². The van der Waals surface area contributed by atoms with E-state index in [1.807, 2.05) is 25.1 Å². The molecule has 148 valence electrons. The molecule has 0 aliphatic rings. The molecule has 0 bridgehead atoms. The first-order valence-electron chi connectivity index (χ1n) is 8.20. The quantitative estimate of drug-likeness (QED) is 0.644. The number of ether oxygens (including phenoxy) is 3. The average molecular weight is 424 g/mol. The molecule has 0 spiro atoms. The number of halogens is 2. The summed E-state index contributed by atoms with van der Waals surface area (Å²) in [4.78, 5) is 23.8. The highest BCUT2D eigenvalue weighted by Gasteiger charge is 2.16. The van der Waals surface area contributed by atoms with Crippen LogP contribution < -0.4 is 14.8 Å². The lowest BCUT2D eigenvalue weighted by Gasteiger charge is -2.13. The predicted octanol–water partition coefficient (Wildman–Crippen LogP) is 4.84. The molecular formula is C20H19Cl2NO5. The second kappa shape index (κ2) is 10.0. The van der Waals surface area contributed by atoms with Gasteiger partial charge in [0.05, 0.1) is 35.5 Å². The maximum Gasteiger partial charge on any atom is 0.337 e. The van der Waals surface area contributed by atoms with Crippen molar-refractivity contribution >= 4 is 46.8 Å². The smallest absolute Gasteiger partial charge is 0.337 e. The molecule has 0 unspecified atom stereocenters. The highest BCUT2D eigenvalue weighted by molar-refractivity contribution is 6.40. The van der Waals surface area contributed by atoms with E-state index in [1.54, 1.807) is 12.1 Å². The van der Waals surface area contributed by atoms with Gasteiger partial charge in [0, 0.05) is 0 Å². The van der Waals surface area contributed by atoms with Gasteiger partial charge in [-0.05, 0) is 36.8 Å². The summed E-state index contributed by atoms with van der Waals surface area (Å²) >= 11 is 12.2. The summed E-state index contributed by atoms with van der Waals surface area (Å²) < 4.78 is 15.4. The van der Waals surface area contributed by atoms with Crippen LogP contribution in [-0.2, 0) is 9.53 Å². The van der Waals surface area contributed by atoms with Crippen molar-refractivity contribution in [2.75, 3.05) is 26.1 Å². The third kappa shape index (κ3) is 5.41. The zero-order chi connectivity index (χ0) is 20.7. The van der Waals surface area contributed by atoms with Crippen LogP contribution in [0.4, 0.5) is 5.69 Å². The Balaban J connectivity index is 2.08. The van der Waals surface area contributed by atoms with E-state index in [0.29, 0.717) is 11.5 Å². The van der Waals surface area contributed by atoms with Gasteiger partial charge < -0.3 is 19.5 Å². The van der Waals surface area contributed by atoms with Crippen molar-refractivity contribution in [3.05, 3.63) is 57.6 Å². The molecule has 1 amide bonds. The van der Waals surface area contributed by atoms with Gasteiger partial charge in [-0.3, -0.25) is 4.79 Å². The van der Waals surface area contributed by atoms with Crippen molar-refractivity contribution < 1.29 is 23.8 Å². The monoisotopic (exact) mass is 423 g/mol. The van der Waals surface area contributed by atoms with E-state index < -0.39 is 11.9 Å². The maximum atomic E-state index is 12.2. The second-order valence-corrected chi connectivity index (χ2v) is 6.37. The highest BCUT2D eigenvalue weighted by atomic mass is 35.5. The Labute approximate surface area is 173 Å². The molecule has 0 aliphatic heterocycles. The Morgan fingerprint density at radius 1 is 1.07 bits per heavy atom. The number of carbonyl (C=O) groups is 2. The molecule has 0 aromatic heterocycles. The summed E-state index contributed by atoms with van der Waals surface area (Å²) in [7, 11) is 2.76. The topological polar surface area (TPSA) is 73.9 Å². The van der Waals surface area contributed by atoms with Crippen LogP contribution in [0.5, 0.6) is 11.5 Å². The molecule has 2 aromatic carbocycles. The number of hydrogen-bond donors (Lipinski definition) is 1. The zero-order valence-corrected chi connectivity index (χ0v) is 17.1. The fourth-order valence-electron chi connectivity index (χ4n) is 2.35. The van der Waals surface area contributed by atoms with Crippen LogP contribution in [0.15, 0.2) is 36.4 Å².